The van der Waals surface area contributed by atoms with Crippen LogP contribution in [-0.4, -0.2) is 18.2 Å². The average Bonchev–Trinajstić information content (AvgIpc) is 2.58. The van der Waals surface area contributed by atoms with Gasteiger partial charge in [-0.05, 0) is 11.1 Å². The molecule has 3 heteroatoms. The third-order valence-corrected chi connectivity index (χ3v) is 3.35. The van der Waals surface area contributed by atoms with E-state index in [-0.39, 0.29) is 11.7 Å². The number of nitrogens with one attached hydrogen (secondary N) is 1. The molecule has 0 spiro atoms. The number of carbonyl (C=O) groups excluding carboxylic acids is 2. The molecule has 0 atom stereocenters. The zero-order valence-corrected chi connectivity index (χ0v) is 13.1. The van der Waals surface area contributed by atoms with Crippen LogP contribution in [0.4, 0.5) is 0 Å². The Balaban J connectivity index is 2.03. The summed E-state index contributed by atoms with van der Waals surface area (Å²) < 4.78 is 0. The molecule has 116 valence electrons. The fraction of sp³-hybridized carbons (Fsp3) is 0.100. The molecule has 0 bridgehead atoms. The number of hydrogen-bond donors (Lipinski definition) is 1. The summed E-state index contributed by atoms with van der Waals surface area (Å²) in [7, 11) is 0. The van der Waals surface area contributed by atoms with E-state index in [9.17, 15) is 9.59 Å². The number of carbonyl (C=O) groups is 2. The number of benzene rings is 2. The quantitative estimate of drug-likeness (QED) is 0.653. The van der Waals surface area contributed by atoms with Crippen LogP contribution in [0.15, 0.2) is 67.3 Å². The lowest BCUT2D eigenvalue weighted by molar-refractivity contribution is -0.118. The second kappa shape index (κ2) is 7.90. The van der Waals surface area contributed by atoms with Gasteiger partial charge in [0.25, 0.3) is 0 Å². The summed E-state index contributed by atoms with van der Waals surface area (Å²) in [6.45, 7) is 5.86. The minimum atomic E-state index is -0.0787. The molecule has 3 nitrogen and oxygen atoms in total. The Morgan fingerprint density at radius 2 is 1.65 bits per heavy atom. The minimum absolute atomic E-state index is 0.0602. The number of hydrogen-bond acceptors (Lipinski definition) is 2. The highest BCUT2D eigenvalue weighted by Gasteiger charge is 2.11. The first-order chi connectivity index (χ1) is 11.1. The molecule has 0 unspecified atom stereocenters. The van der Waals surface area contributed by atoms with E-state index < -0.39 is 0 Å². The van der Waals surface area contributed by atoms with Gasteiger partial charge in [0, 0.05) is 24.6 Å². The third-order valence-electron chi connectivity index (χ3n) is 3.35. The van der Waals surface area contributed by atoms with Gasteiger partial charge in [0.05, 0.1) is 0 Å². The van der Waals surface area contributed by atoms with Gasteiger partial charge in [-0.3, -0.25) is 9.59 Å². The molecule has 2 rings (SSSR count). The van der Waals surface area contributed by atoms with Crippen molar-refractivity contribution in [2.24, 2.45) is 0 Å². The molecule has 23 heavy (non-hydrogen) atoms. The number of Topliss-reactive ketones (excluding diaryl/α,β-unsaturated/α-hetero) is 1. The maximum atomic E-state index is 12.4. The van der Waals surface area contributed by atoms with Crippen molar-refractivity contribution >= 4 is 23.3 Å². The predicted octanol–water partition coefficient (Wildman–Crippen LogP) is 3.73. The Morgan fingerprint density at radius 3 is 2.26 bits per heavy atom. The molecule has 0 fully saturated rings. The number of rotatable bonds is 6. The van der Waals surface area contributed by atoms with Crippen molar-refractivity contribution in [1.82, 2.24) is 5.32 Å². The Bertz CT molecular complexity index is 728. The first-order valence-corrected chi connectivity index (χ1v) is 7.38. The molecule has 1 amide bonds. The molecule has 1 N–H and O–H groups in total. The van der Waals surface area contributed by atoms with Crippen molar-refractivity contribution in [3.63, 3.8) is 0 Å². The van der Waals surface area contributed by atoms with Crippen molar-refractivity contribution in [1.29, 1.82) is 0 Å². The normalized spacial score (nSPS) is 10.5. The number of ketones is 1. The number of amides is 1. The molecular formula is C20H19NO2. The van der Waals surface area contributed by atoms with Crippen LogP contribution < -0.4 is 5.32 Å². The highest BCUT2D eigenvalue weighted by atomic mass is 16.1. The topological polar surface area (TPSA) is 46.2 Å². The van der Waals surface area contributed by atoms with Crippen LogP contribution >= 0.6 is 0 Å². The Kier molecular flexibility index (Phi) is 5.64. The van der Waals surface area contributed by atoms with Crippen molar-refractivity contribution in [2.45, 2.75) is 6.92 Å². The molecule has 0 aliphatic heterocycles. The van der Waals surface area contributed by atoms with Gasteiger partial charge in [-0.2, -0.15) is 0 Å². The summed E-state index contributed by atoms with van der Waals surface area (Å²) in [5.41, 5.74) is 2.89. The van der Waals surface area contributed by atoms with E-state index in [1.165, 1.54) is 6.92 Å². The van der Waals surface area contributed by atoms with Gasteiger partial charge in [0.15, 0.2) is 5.78 Å². The Hall–Kier alpha value is -2.94. The van der Waals surface area contributed by atoms with Crippen molar-refractivity contribution in [3.05, 3.63) is 83.9 Å². The summed E-state index contributed by atoms with van der Waals surface area (Å²) in [5, 5.41) is 2.69. The van der Waals surface area contributed by atoms with Gasteiger partial charge in [0.2, 0.25) is 5.91 Å². The van der Waals surface area contributed by atoms with Gasteiger partial charge < -0.3 is 5.32 Å². The van der Waals surface area contributed by atoms with Gasteiger partial charge in [-0.25, -0.2) is 0 Å². The highest BCUT2D eigenvalue weighted by Crippen LogP contribution is 2.18. The summed E-state index contributed by atoms with van der Waals surface area (Å²) in [6.07, 6.45) is 3.76. The van der Waals surface area contributed by atoms with E-state index in [1.54, 1.807) is 12.1 Å². The largest absolute Gasteiger partial charge is 0.353 e. The molecule has 0 aromatic heterocycles. The SMILES string of the molecule is C=C(C(=O)c1ccc(C=CCNC(C)=O)cc1)c1ccccc1. The molecule has 0 heterocycles. The maximum Gasteiger partial charge on any atom is 0.217 e. The standard InChI is InChI=1S/C20H19NO2/c1-15(18-8-4-3-5-9-18)20(23)19-12-10-17(11-13-19)7-6-14-21-16(2)22/h3-13H,1,14H2,2H3,(H,21,22). The lowest BCUT2D eigenvalue weighted by Gasteiger charge is -2.05. The van der Waals surface area contributed by atoms with Crippen molar-refractivity contribution in [2.75, 3.05) is 6.54 Å². The molecule has 0 saturated heterocycles. The van der Waals surface area contributed by atoms with Crippen LogP contribution in [0, 0.1) is 0 Å². The van der Waals surface area contributed by atoms with E-state index in [0.29, 0.717) is 17.7 Å². The molecule has 0 radical (unpaired) electrons. The van der Waals surface area contributed by atoms with Gasteiger partial charge in [0.1, 0.15) is 0 Å². The van der Waals surface area contributed by atoms with Gasteiger partial charge >= 0.3 is 0 Å². The average molecular weight is 305 g/mol. The zero-order valence-electron chi connectivity index (χ0n) is 13.1. The van der Waals surface area contributed by atoms with E-state index in [4.69, 9.17) is 0 Å². The molecule has 2 aromatic rings. The summed E-state index contributed by atoms with van der Waals surface area (Å²) in [4.78, 5) is 23.2. The zero-order chi connectivity index (χ0) is 16.7. The summed E-state index contributed by atoms with van der Waals surface area (Å²) in [6, 6.07) is 16.7. The van der Waals surface area contributed by atoms with Crippen LogP contribution in [0.2, 0.25) is 0 Å². The van der Waals surface area contributed by atoms with Crippen LogP contribution in [0.1, 0.15) is 28.4 Å². The third kappa shape index (κ3) is 4.78. The van der Waals surface area contributed by atoms with Crippen molar-refractivity contribution < 1.29 is 9.59 Å². The molecule has 0 saturated carbocycles. The maximum absolute atomic E-state index is 12.4. The monoisotopic (exact) mass is 305 g/mol. The first kappa shape index (κ1) is 16.4. The van der Waals surface area contributed by atoms with Crippen LogP contribution in [0.5, 0.6) is 0 Å². The Labute approximate surface area is 136 Å². The lowest BCUT2D eigenvalue weighted by atomic mass is 9.97. The fourth-order valence-electron chi connectivity index (χ4n) is 2.09. The lowest BCUT2D eigenvalue weighted by Crippen LogP contribution is -2.19. The van der Waals surface area contributed by atoms with E-state index in [0.717, 1.165) is 11.1 Å². The minimum Gasteiger partial charge on any atom is -0.353 e. The van der Waals surface area contributed by atoms with Crippen LogP contribution in [-0.2, 0) is 4.79 Å². The molecule has 0 aliphatic carbocycles. The second-order valence-electron chi connectivity index (χ2n) is 5.14. The van der Waals surface area contributed by atoms with E-state index in [1.807, 2.05) is 54.6 Å². The van der Waals surface area contributed by atoms with Crippen molar-refractivity contribution in [3.8, 4) is 0 Å². The smallest absolute Gasteiger partial charge is 0.217 e. The van der Waals surface area contributed by atoms with Crippen LogP contribution in [0.25, 0.3) is 11.6 Å². The number of allylic oxidation sites excluding steroid dienone is 1. The van der Waals surface area contributed by atoms with E-state index in [2.05, 4.69) is 11.9 Å². The fourth-order valence-corrected chi connectivity index (χ4v) is 2.09. The molecule has 2 aromatic carbocycles. The summed E-state index contributed by atoms with van der Waals surface area (Å²) in [5.74, 6) is -0.139. The second-order valence-corrected chi connectivity index (χ2v) is 5.14. The molecular weight excluding hydrogens is 286 g/mol. The first-order valence-electron chi connectivity index (χ1n) is 7.38. The van der Waals surface area contributed by atoms with E-state index >= 15 is 0 Å². The van der Waals surface area contributed by atoms with Crippen LogP contribution in [0.3, 0.4) is 0 Å². The summed E-state index contributed by atoms with van der Waals surface area (Å²) >= 11 is 0. The highest BCUT2D eigenvalue weighted by molar-refractivity contribution is 6.28. The Morgan fingerprint density at radius 1 is 1.00 bits per heavy atom. The van der Waals surface area contributed by atoms with Gasteiger partial charge in [-0.15, -0.1) is 0 Å². The molecule has 0 aliphatic rings. The predicted molar refractivity (Wildman–Crippen MR) is 94.0 cm³/mol. The van der Waals surface area contributed by atoms with Gasteiger partial charge in [-0.1, -0.05) is 73.3 Å².